The highest BCUT2D eigenvalue weighted by Crippen LogP contribution is 2.36. The third-order valence-electron chi connectivity index (χ3n) is 3.42. The van der Waals surface area contributed by atoms with Gasteiger partial charge >= 0.3 is 0 Å². The standard InChI is InChI=1S/C13H13ClN2O3S/c14-8-3-4-10-9(5-8)12(11(16-10)13(15)17)20(18,19)6-7-1-2-7/h3-5,7,16H,1-2,6H2,(H2,15,17). The molecule has 1 heterocycles. The van der Waals surface area contributed by atoms with Gasteiger partial charge in [-0.05, 0) is 37.0 Å². The molecule has 2 aromatic rings. The van der Waals surface area contributed by atoms with Crippen LogP contribution in [0.15, 0.2) is 23.1 Å². The minimum absolute atomic E-state index is 0.0191. The minimum atomic E-state index is -3.56. The van der Waals surface area contributed by atoms with E-state index in [0.29, 0.717) is 15.9 Å². The van der Waals surface area contributed by atoms with E-state index in [-0.39, 0.29) is 22.3 Å². The monoisotopic (exact) mass is 312 g/mol. The van der Waals surface area contributed by atoms with Crippen LogP contribution >= 0.6 is 11.6 Å². The predicted octanol–water partition coefficient (Wildman–Crippen LogP) is 2.10. The van der Waals surface area contributed by atoms with Crippen LogP contribution in [0.25, 0.3) is 10.9 Å². The summed E-state index contributed by atoms with van der Waals surface area (Å²) in [6, 6.07) is 4.81. The van der Waals surface area contributed by atoms with Crippen molar-refractivity contribution in [2.45, 2.75) is 17.7 Å². The Balaban J connectivity index is 2.27. The average Bonchev–Trinajstić information content (AvgIpc) is 3.05. The molecule has 1 amide bonds. The quantitative estimate of drug-likeness (QED) is 0.905. The minimum Gasteiger partial charge on any atom is -0.364 e. The van der Waals surface area contributed by atoms with E-state index in [9.17, 15) is 13.2 Å². The van der Waals surface area contributed by atoms with Gasteiger partial charge in [-0.3, -0.25) is 4.79 Å². The summed E-state index contributed by atoms with van der Waals surface area (Å²) in [5.74, 6) is -0.552. The number of carbonyl (C=O) groups is 1. The number of H-pyrrole nitrogens is 1. The molecule has 20 heavy (non-hydrogen) atoms. The third-order valence-corrected chi connectivity index (χ3v) is 5.61. The van der Waals surface area contributed by atoms with E-state index >= 15 is 0 Å². The topological polar surface area (TPSA) is 93.0 Å². The summed E-state index contributed by atoms with van der Waals surface area (Å²) >= 11 is 5.92. The van der Waals surface area contributed by atoms with E-state index in [2.05, 4.69) is 4.98 Å². The molecule has 0 atom stereocenters. The van der Waals surface area contributed by atoms with Gasteiger partial charge in [0, 0.05) is 15.9 Å². The molecule has 7 heteroatoms. The van der Waals surface area contributed by atoms with Gasteiger partial charge in [-0.25, -0.2) is 8.42 Å². The summed E-state index contributed by atoms with van der Waals surface area (Å²) in [6.07, 6.45) is 1.82. The molecule has 1 aliphatic rings. The van der Waals surface area contributed by atoms with E-state index in [1.54, 1.807) is 18.2 Å². The number of aromatic nitrogens is 1. The van der Waals surface area contributed by atoms with Crippen LogP contribution in [-0.2, 0) is 9.84 Å². The van der Waals surface area contributed by atoms with Gasteiger partial charge in [-0.15, -0.1) is 0 Å². The van der Waals surface area contributed by atoms with Gasteiger partial charge < -0.3 is 10.7 Å². The molecule has 5 nitrogen and oxygen atoms in total. The average molecular weight is 313 g/mol. The largest absolute Gasteiger partial charge is 0.364 e. The molecule has 0 unspecified atom stereocenters. The summed E-state index contributed by atoms with van der Waals surface area (Å²) < 4.78 is 25.0. The fraction of sp³-hybridized carbons (Fsp3) is 0.308. The zero-order valence-corrected chi connectivity index (χ0v) is 12.1. The molecule has 0 bridgehead atoms. The summed E-state index contributed by atoms with van der Waals surface area (Å²) in [6.45, 7) is 0. The van der Waals surface area contributed by atoms with Gasteiger partial charge in [0.2, 0.25) is 0 Å². The van der Waals surface area contributed by atoms with E-state index in [1.165, 1.54) is 0 Å². The number of hydrogen-bond acceptors (Lipinski definition) is 3. The van der Waals surface area contributed by atoms with Crippen LogP contribution in [0, 0.1) is 5.92 Å². The lowest BCUT2D eigenvalue weighted by Gasteiger charge is -2.04. The number of primary amides is 1. The van der Waals surface area contributed by atoms with Crippen molar-refractivity contribution in [3.63, 3.8) is 0 Å². The molecule has 1 aliphatic carbocycles. The molecular weight excluding hydrogens is 300 g/mol. The van der Waals surface area contributed by atoms with Crippen LogP contribution in [0.5, 0.6) is 0 Å². The second kappa shape index (κ2) is 4.49. The van der Waals surface area contributed by atoms with Crippen LogP contribution in [0.3, 0.4) is 0 Å². The maximum absolute atomic E-state index is 12.5. The molecule has 1 aromatic heterocycles. The van der Waals surface area contributed by atoms with Crippen molar-refractivity contribution in [1.82, 2.24) is 4.98 Å². The van der Waals surface area contributed by atoms with Gasteiger partial charge in [0.15, 0.2) is 9.84 Å². The van der Waals surface area contributed by atoms with Crippen LogP contribution in [0.2, 0.25) is 5.02 Å². The zero-order chi connectivity index (χ0) is 14.5. The first kappa shape index (κ1) is 13.5. The van der Waals surface area contributed by atoms with Crippen LogP contribution < -0.4 is 5.73 Å². The first-order chi connectivity index (χ1) is 9.38. The first-order valence-corrected chi connectivity index (χ1v) is 8.25. The number of rotatable bonds is 4. The number of nitrogens with one attached hydrogen (secondary N) is 1. The Hall–Kier alpha value is -1.53. The normalized spacial score (nSPS) is 15.7. The van der Waals surface area contributed by atoms with Crippen molar-refractivity contribution in [3.05, 3.63) is 28.9 Å². The van der Waals surface area contributed by atoms with Crippen molar-refractivity contribution >= 4 is 38.2 Å². The third kappa shape index (κ3) is 2.29. The summed E-state index contributed by atoms with van der Waals surface area (Å²) in [7, 11) is -3.56. The predicted molar refractivity (Wildman–Crippen MR) is 76.6 cm³/mol. The molecule has 0 spiro atoms. The van der Waals surface area contributed by atoms with Crippen LogP contribution in [0.1, 0.15) is 23.3 Å². The molecule has 106 valence electrons. The number of fused-ring (bicyclic) bond motifs is 1. The summed E-state index contributed by atoms with van der Waals surface area (Å²) in [4.78, 5) is 14.3. The molecular formula is C13H13ClN2O3S. The fourth-order valence-corrected chi connectivity index (χ4v) is 4.57. The van der Waals surface area contributed by atoms with Crippen molar-refractivity contribution in [1.29, 1.82) is 0 Å². The number of nitrogens with two attached hydrogens (primary N) is 1. The van der Waals surface area contributed by atoms with Crippen molar-refractivity contribution in [3.8, 4) is 0 Å². The van der Waals surface area contributed by atoms with Crippen LogP contribution in [0.4, 0.5) is 0 Å². The Morgan fingerprint density at radius 1 is 1.40 bits per heavy atom. The number of sulfone groups is 1. The van der Waals surface area contributed by atoms with Gasteiger partial charge in [0.05, 0.1) is 5.75 Å². The first-order valence-electron chi connectivity index (χ1n) is 6.22. The Kier molecular flexibility index (Phi) is 3.02. The van der Waals surface area contributed by atoms with E-state index in [4.69, 9.17) is 17.3 Å². The van der Waals surface area contributed by atoms with E-state index in [1.807, 2.05) is 0 Å². The van der Waals surface area contributed by atoms with Gasteiger partial charge in [-0.2, -0.15) is 0 Å². The number of carbonyl (C=O) groups excluding carboxylic acids is 1. The Morgan fingerprint density at radius 2 is 2.10 bits per heavy atom. The fourth-order valence-electron chi connectivity index (χ4n) is 2.31. The van der Waals surface area contributed by atoms with E-state index < -0.39 is 15.7 Å². The second-order valence-corrected chi connectivity index (χ2v) is 7.52. The molecule has 0 saturated heterocycles. The van der Waals surface area contributed by atoms with Gasteiger partial charge in [0.25, 0.3) is 5.91 Å². The van der Waals surface area contributed by atoms with E-state index in [0.717, 1.165) is 12.8 Å². The van der Waals surface area contributed by atoms with Gasteiger partial charge in [0.1, 0.15) is 10.6 Å². The number of amides is 1. The maximum atomic E-state index is 12.5. The van der Waals surface area contributed by atoms with Crippen molar-refractivity contribution in [2.75, 3.05) is 5.75 Å². The number of benzene rings is 1. The number of aromatic amines is 1. The Morgan fingerprint density at radius 3 is 2.70 bits per heavy atom. The second-order valence-electron chi connectivity index (χ2n) is 5.11. The van der Waals surface area contributed by atoms with Crippen molar-refractivity contribution < 1.29 is 13.2 Å². The lowest BCUT2D eigenvalue weighted by Crippen LogP contribution is -2.18. The Bertz CT molecular complexity index is 806. The molecule has 3 N–H and O–H groups in total. The maximum Gasteiger partial charge on any atom is 0.266 e. The van der Waals surface area contributed by atoms with Gasteiger partial charge in [-0.1, -0.05) is 11.6 Å². The SMILES string of the molecule is NC(=O)c1[nH]c2ccc(Cl)cc2c1S(=O)(=O)CC1CC1. The summed E-state index contributed by atoms with van der Waals surface area (Å²) in [5, 5.41) is 0.836. The highest BCUT2D eigenvalue weighted by atomic mass is 35.5. The lowest BCUT2D eigenvalue weighted by molar-refractivity contribution is 0.0993. The number of hydrogen-bond donors (Lipinski definition) is 2. The molecule has 1 aromatic carbocycles. The lowest BCUT2D eigenvalue weighted by atomic mass is 10.2. The molecule has 1 saturated carbocycles. The summed E-state index contributed by atoms with van der Waals surface area (Å²) in [5.41, 5.74) is 5.76. The Labute approximate surface area is 121 Å². The molecule has 0 aliphatic heterocycles. The highest BCUT2D eigenvalue weighted by molar-refractivity contribution is 7.91. The smallest absolute Gasteiger partial charge is 0.266 e. The number of halogens is 1. The van der Waals surface area contributed by atoms with Crippen LogP contribution in [-0.4, -0.2) is 25.1 Å². The van der Waals surface area contributed by atoms with Crippen molar-refractivity contribution in [2.24, 2.45) is 11.7 Å². The molecule has 3 rings (SSSR count). The molecule has 0 radical (unpaired) electrons. The molecule has 1 fully saturated rings. The highest BCUT2D eigenvalue weighted by Gasteiger charge is 2.33. The zero-order valence-electron chi connectivity index (χ0n) is 10.5.